The fourth-order valence-corrected chi connectivity index (χ4v) is 2.78. The summed E-state index contributed by atoms with van der Waals surface area (Å²) in [7, 11) is 3.15. The molecule has 0 radical (unpaired) electrons. The van der Waals surface area contributed by atoms with E-state index in [9.17, 15) is 18.8 Å². The molecule has 2 aromatic carbocycles. The molecule has 0 unspecified atom stereocenters. The molecule has 0 fully saturated rings. The summed E-state index contributed by atoms with van der Waals surface area (Å²) in [5, 5.41) is 5.39. The first kappa shape index (κ1) is 23.0. The fourth-order valence-electron chi connectivity index (χ4n) is 2.78. The van der Waals surface area contributed by atoms with Crippen LogP contribution in [0.1, 0.15) is 11.1 Å². The van der Waals surface area contributed by atoms with Crippen molar-refractivity contribution in [2.45, 2.75) is 13.8 Å². The maximum atomic E-state index is 13.2. The van der Waals surface area contributed by atoms with Crippen LogP contribution in [0.5, 0.6) is 0 Å². The van der Waals surface area contributed by atoms with Crippen molar-refractivity contribution in [1.29, 1.82) is 0 Å². The maximum absolute atomic E-state index is 13.2. The lowest BCUT2D eigenvalue weighted by Crippen LogP contribution is -2.42. The van der Waals surface area contributed by atoms with Crippen LogP contribution in [-0.4, -0.2) is 61.3 Å². The minimum Gasteiger partial charge on any atom is -0.335 e. The Balaban J connectivity index is 1.80. The van der Waals surface area contributed by atoms with Crippen molar-refractivity contribution >= 4 is 29.1 Å². The number of nitrogens with zero attached hydrogens (tertiary/aromatic N) is 2. The number of hydrogen-bond donors (Lipinski definition) is 2. The van der Waals surface area contributed by atoms with Gasteiger partial charge in [-0.1, -0.05) is 18.2 Å². The summed E-state index contributed by atoms with van der Waals surface area (Å²) in [4.78, 5) is 39.5. The third-order valence-electron chi connectivity index (χ3n) is 4.40. The smallest absolute Gasteiger partial charge is 0.243 e. The molecule has 3 amide bonds. The average Bonchev–Trinajstić information content (AvgIpc) is 2.64. The third kappa shape index (κ3) is 7.29. The van der Waals surface area contributed by atoms with E-state index in [0.717, 1.165) is 11.1 Å². The number of halogens is 1. The summed E-state index contributed by atoms with van der Waals surface area (Å²) in [6, 6.07) is 11.3. The van der Waals surface area contributed by atoms with E-state index < -0.39 is 5.82 Å². The number of hydrogen-bond acceptors (Lipinski definition) is 4. The number of carbonyl (C=O) groups is 3. The molecule has 160 valence electrons. The highest BCUT2D eigenvalue weighted by atomic mass is 19.1. The van der Waals surface area contributed by atoms with E-state index in [1.807, 2.05) is 32.0 Å². The van der Waals surface area contributed by atoms with E-state index in [1.54, 1.807) is 13.1 Å². The van der Waals surface area contributed by atoms with E-state index in [4.69, 9.17) is 0 Å². The summed E-state index contributed by atoms with van der Waals surface area (Å²) >= 11 is 0. The zero-order valence-electron chi connectivity index (χ0n) is 17.7. The lowest BCUT2D eigenvalue weighted by Gasteiger charge is -2.21. The molecule has 0 saturated heterocycles. The van der Waals surface area contributed by atoms with Crippen molar-refractivity contribution in [2.24, 2.45) is 0 Å². The number of amides is 3. The van der Waals surface area contributed by atoms with Gasteiger partial charge in [0.25, 0.3) is 0 Å². The molecule has 0 aliphatic heterocycles. The molecule has 30 heavy (non-hydrogen) atoms. The van der Waals surface area contributed by atoms with Gasteiger partial charge in [-0.2, -0.15) is 0 Å². The van der Waals surface area contributed by atoms with E-state index in [-0.39, 0.29) is 37.4 Å². The van der Waals surface area contributed by atoms with Gasteiger partial charge >= 0.3 is 0 Å². The van der Waals surface area contributed by atoms with Gasteiger partial charge in [0.1, 0.15) is 5.82 Å². The molecule has 0 bridgehead atoms. The normalized spacial score (nSPS) is 10.6. The number of carbonyl (C=O) groups excluding carboxylic acids is 3. The van der Waals surface area contributed by atoms with Gasteiger partial charge in [0, 0.05) is 18.4 Å². The van der Waals surface area contributed by atoms with Crippen LogP contribution in [0.3, 0.4) is 0 Å². The molecular formula is C22H27FN4O3. The van der Waals surface area contributed by atoms with Crippen LogP contribution in [-0.2, 0) is 14.4 Å². The quantitative estimate of drug-likeness (QED) is 0.695. The first-order chi connectivity index (χ1) is 14.1. The van der Waals surface area contributed by atoms with Gasteiger partial charge in [-0.15, -0.1) is 0 Å². The monoisotopic (exact) mass is 414 g/mol. The zero-order chi connectivity index (χ0) is 22.3. The number of anilines is 2. The van der Waals surface area contributed by atoms with Gasteiger partial charge in [-0.25, -0.2) is 4.39 Å². The average molecular weight is 414 g/mol. The lowest BCUT2D eigenvalue weighted by atomic mass is 10.1. The van der Waals surface area contributed by atoms with Gasteiger partial charge in [0.15, 0.2) is 0 Å². The van der Waals surface area contributed by atoms with Gasteiger partial charge < -0.3 is 15.5 Å². The molecule has 0 aliphatic carbocycles. The predicted molar refractivity (Wildman–Crippen MR) is 115 cm³/mol. The Labute approximate surface area is 175 Å². The van der Waals surface area contributed by atoms with E-state index in [0.29, 0.717) is 11.4 Å². The van der Waals surface area contributed by atoms with Crippen molar-refractivity contribution in [2.75, 3.05) is 44.4 Å². The van der Waals surface area contributed by atoms with Crippen LogP contribution in [0.25, 0.3) is 0 Å². The molecule has 0 spiro atoms. The van der Waals surface area contributed by atoms with E-state index in [1.165, 1.54) is 35.0 Å². The molecule has 7 nitrogen and oxygen atoms in total. The molecule has 8 heteroatoms. The maximum Gasteiger partial charge on any atom is 0.243 e. The molecule has 0 atom stereocenters. The largest absolute Gasteiger partial charge is 0.335 e. The van der Waals surface area contributed by atoms with E-state index in [2.05, 4.69) is 10.6 Å². The molecule has 0 aromatic heterocycles. The summed E-state index contributed by atoms with van der Waals surface area (Å²) in [5.74, 6) is -1.42. The number of rotatable bonds is 8. The van der Waals surface area contributed by atoms with Crippen molar-refractivity contribution in [3.05, 3.63) is 59.4 Å². The fraction of sp³-hybridized carbons (Fsp3) is 0.318. The number of benzene rings is 2. The second-order valence-corrected chi connectivity index (χ2v) is 7.35. The van der Waals surface area contributed by atoms with Gasteiger partial charge in [0.05, 0.1) is 19.6 Å². The van der Waals surface area contributed by atoms with Gasteiger partial charge in [-0.05, 0) is 56.3 Å². The number of aryl methyl sites for hydroxylation is 2. The highest BCUT2D eigenvalue weighted by Crippen LogP contribution is 2.16. The third-order valence-corrected chi connectivity index (χ3v) is 4.40. The SMILES string of the molecule is Cc1ccc(C)c(NC(=O)CN(C)C(=O)CN(C)CC(=O)Nc2cccc(F)c2)c1. The summed E-state index contributed by atoms with van der Waals surface area (Å²) in [6.07, 6.45) is 0. The highest BCUT2D eigenvalue weighted by Gasteiger charge is 2.17. The summed E-state index contributed by atoms with van der Waals surface area (Å²) < 4.78 is 13.2. The van der Waals surface area contributed by atoms with Crippen LogP contribution in [0.15, 0.2) is 42.5 Å². The Morgan fingerprint density at radius 3 is 2.30 bits per heavy atom. The Morgan fingerprint density at radius 2 is 1.60 bits per heavy atom. The van der Waals surface area contributed by atoms with Crippen molar-refractivity contribution in [3.63, 3.8) is 0 Å². The first-order valence-electron chi connectivity index (χ1n) is 9.49. The van der Waals surface area contributed by atoms with Gasteiger partial charge in [-0.3, -0.25) is 19.3 Å². The zero-order valence-corrected chi connectivity index (χ0v) is 17.7. The Hall–Kier alpha value is -3.26. The minimum absolute atomic E-state index is 0.0379. The minimum atomic E-state index is -0.447. The van der Waals surface area contributed by atoms with E-state index >= 15 is 0 Å². The topological polar surface area (TPSA) is 81.8 Å². The molecule has 0 heterocycles. The standard InChI is InChI=1S/C22H27FN4O3/c1-15-8-9-16(2)19(10-15)25-21(29)13-27(4)22(30)14-26(3)12-20(28)24-18-7-5-6-17(23)11-18/h5-11H,12-14H2,1-4H3,(H,24,28)(H,25,29). The second-order valence-electron chi connectivity index (χ2n) is 7.35. The molecule has 2 aromatic rings. The van der Waals surface area contributed by atoms with Crippen LogP contribution in [0.4, 0.5) is 15.8 Å². The highest BCUT2D eigenvalue weighted by molar-refractivity contribution is 5.95. The number of likely N-dealkylation sites (N-methyl/N-ethyl adjacent to an activating group) is 2. The Kier molecular flexibility index (Phi) is 8.06. The van der Waals surface area contributed by atoms with Crippen molar-refractivity contribution in [1.82, 2.24) is 9.80 Å². The summed E-state index contributed by atoms with van der Waals surface area (Å²) in [5.41, 5.74) is 3.03. The first-order valence-corrected chi connectivity index (χ1v) is 9.49. The molecule has 2 N–H and O–H groups in total. The number of nitrogens with one attached hydrogen (secondary N) is 2. The Bertz CT molecular complexity index is 932. The van der Waals surface area contributed by atoms with Crippen LogP contribution >= 0.6 is 0 Å². The van der Waals surface area contributed by atoms with Crippen molar-refractivity contribution in [3.8, 4) is 0 Å². The van der Waals surface area contributed by atoms with Crippen LogP contribution in [0, 0.1) is 19.7 Å². The molecular weight excluding hydrogens is 387 g/mol. The molecule has 0 aliphatic rings. The van der Waals surface area contributed by atoms with Gasteiger partial charge in [0.2, 0.25) is 17.7 Å². The predicted octanol–water partition coefficient (Wildman–Crippen LogP) is 2.41. The molecule has 0 saturated carbocycles. The molecule has 2 rings (SSSR count). The van der Waals surface area contributed by atoms with Crippen LogP contribution < -0.4 is 10.6 Å². The van der Waals surface area contributed by atoms with Crippen LogP contribution in [0.2, 0.25) is 0 Å². The lowest BCUT2D eigenvalue weighted by molar-refractivity contribution is -0.134. The Morgan fingerprint density at radius 1 is 0.900 bits per heavy atom. The second kappa shape index (κ2) is 10.5. The summed E-state index contributed by atoms with van der Waals surface area (Å²) in [6.45, 7) is 3.64. The van der Waals surface area contributed by atoms with Crippen molar-refractivity contribution < 1.29 is 18.8 Å².